The summed E-state index contributed by atoms with van der Waals surface area (Å²) in [5.74, 6) is 0.625. The van der Waals surface area contributed by atoms with Crippen molar-refractivity contribution in [3.8, 4) is 5.75 Å². The van der Waals surface area contributed by atoms with E-state index in [1.54, 1.807) is 18.2 Å². The molecule has 2 aliphatic rings. The van der Waals surface area contributed by atoms with E-state index in [-0.39, 0.29) is 5.91 Å². The normalized spacial score (nSPS) is 18.6. The Hall–Kier alpha value is -2.08. The molecular formula is C19H26N2O4. The summed E-state index contributed by atoms with van der Waals surface area (Å²) in [4.78, 5) is 28.8. The number of carbonyl (C=O) groups excluding carboxylic acids is 2. The zero-order chi connectivity index (χ0) is 17.8. The van der Waals surface area contributed by atoms with Gasteiger partial charge in [-0.1, -0.05) is 6.42 Å². The first-order valence-electron chi connectivity index (χ1n) is 8.91. The first-order chi connectivity index (χ1) is 12.1. The molecule has 1 heterocycles. The monoisotopic (exact) mass is 346 g/mol. The van der Waals surface area contributed by atoms with E-state index < -0.39 is 5.97 Å². The third kappa shape index (κ3) is 4.31. The van der Waals surface area contributed by atoms with Crippen LogP contribution in [0.15, 0.2) is 18.2 Å². The minimum Gasteiger partial charge on any atom is -0.493 e. The second-order valence-corrected chi connectivity index (χ2v) is 6.94. The highest BCUT2D eigenvalue weighted by Crippen LogP contribution is 2.28. The number of carbonyl (C=O) groups is 2. The van der Waals surface area contributed by atoms with Gasteiger partial charge in [0.2, 0.25) is 0 Å². The van der Waals surface area contributed by atoms with E-state index in [1.165, 1.54) is 26.4 Å². The van der Waals surface area contributed by atoms with Crippen molar-refractivity contribution in [1.29, 1.82) is 0 Å². The number of nitrogens with zero attached hydrogens (tertiary/aromatic N) is 2. The fourth-order valence-corrected chi connectivity index (χ4v) is 3.11. The van der Waals surface area contributed by atoms with Crippen LogP contribution in [-0.4, -0.2) is 68.6 Å². The van der Waals surface area contributed by atoms with Gasteiger partial charge in [-0.05, 0) is 44.0 Å². The van der Waals surface area contributed by atoms with Crippen molar-refractivity contribution in [2.45, 2.75) is 19.3 Å². The molecule has 3 rings (SSSR count). The van der Waals surface area contributed by atoms with Gasteiger partial charge in [0.05, 0.1) is 19.3 Å². The highest BCUT2D eigenvalue weighted by atomic mass is 16.5. The van der Waals surface area contributed by atoms with E-state index in [4.69, 9.17) is 9.47 Å². The smallest absolute Gasteiger partial charge is 0.338 e. The lowest BCUT2D eigenvalue weighted by molar-refractivity contribution is 0.0600. The zero-order valence-electron chi connectivity index (χ0n) is 15.0. The van der Waals surface area contributed by atoms with Crippen LogP contribution in [0.3, 0.4) is 0 Å². The summed E-state index contributed by atoms with van der Waals surface area (Å²) in [6.07, 6.45) is 3.62. The average Bonchev–Trinajstić information content (AvgIpc) is 2.59. The van der Waals surface area contributed by atoms with Gasteiger partial charge in [-0.25, -0.2) is 4.79 Å². The van der Waals surface area contributed by atoms with Crippen molar-refractivity contribution in [3.63, 3.8) is 0 Å². The maximum Gasteiger partial charge on any atom is 0.338 e. The SMILES string of the molecule is COC(=O)c1cc(OCC2CCC2)cc(C(=O)N2CCN(C)CC2)c1. The van der Waals surface area contributed by atoms with Gasteiger partial charge in [0.1, 0.15) is 5.75 Å². The maximum absolute atomic E-state index is 12.8. The molecule has 1 aromatic carbocycles. The Kier molecular flexibility index (Phi) is 5.58. The lowest BCUT2D eigenvalue weighted by Crippen LogP contribution is -2.47. The number of hydrogen-bond acceptors (Lipinski definition) is 5. The Morgan fingerprint density at radius 2 is 1.76 bits per heavy atom. The number of likely N-dealkylation sites (N-methyl/N-ethyl adjacent to an activating group) is 1. The van der Waals surface area contributed by atoms with Gasteiger partial charge in [0.25, 0.3) is 5.91 Å². The first kappa shape index (κ1) is 17.7. The maximum atomic E-state index is 12.8. The van der Waals surface area contributed by atoms with E-state index in [1.807, 2.05) is 11.9 Å². The van der Waals surface area contributed by atoms with Crippen molar-refractivity contribution in [2.75, 3.05) is 46.9 Å². The number of hydrogen-bond donors (Lipinski definition) is 0. The van der Waals surface area contributed by atoms with Crippen molar-refractivity contribution in [2.24, 2.45) is 5.92 Å². The molecule has 0 unspecified atom stereocenters. The van der Waals surface area contributed by atoms with Crippen LogP contribution in [0.2, 0.25) is 0 Å². The molecule has 0 bridgehead atoms. The van der Waals surface area contributed by atoms with Gasteiger partial charge in [0.15, 0.2) is 0 Å². The Balaban J connectivity index is 1.78. The Bertz CT molecular complexity index is 634. The summed E-state index contributed by atoms with van der Waals surface area (Å²) >= 11 is 0. The number of ether oxygens (including phenoxy) is 2. The van der Waals surface area contributed by atoms with Crippen molar-refractivity contribution < 1.29 is 19.1 Å². The van der Waals surface area contributed by atoms with Crippen LogP contribution >= 0.6 is 0 Å². The molecule has 0 aromatic heterocycles. The second kappa shape index (κ2) is 7.87. The zero-order valence-corrected chi connectivity index (χ0v) is 15.0. The van der Waals surface area contributed by atoms with Crippen molar-refractivity contribution >= 4 is 11.9 Å². The van der Waals surface area contributed by atoms with E-state index in [0.717, 1.165) is 13.1 Å². The molecule has 6 heteroatoms. The molecule has 0 radical (unpaired) electrons. The molecule has 1 aliphatic heterocycles. The quantitative estimate of drug-likeness (QED) is 0.764. The highest BCUT2D eigenvalue weighted by Gasteiger charge is 2.23. The molecule has 1 aliphatic carbocycles. The molecule has 2 fully saturated rings. The van der Waals surface area contributed by atoms with Crippen LogP contribution in [0.4, 0.5) is 0 Å². The highest BCUT2D eigenvalue weighted by molar-refractivity contribution is 5.98. The molecule has 1 saturated carbocycles. The predicted molar refractivity (Wildman–Crippen MR) is 94.0 cm³/mol. The number of piperazine rings is 1. The summed E-state index contributed by atoms with van der Waals surface area (Å²) in [6, 6.07) is 5.00. The number of amides is 1. The second-order valence-electron chi connectivity index (χ2n) is 6.94. The molecule has 0 spiro atoms. The summed E-state index contributed by atoms with van der Waals surface area (Å²) in [5.41, 5.74) is 0.835. The standard InChI is InChI=1S/C19H26N2O4/c1-20-6-8-21(9-7-20)18(22)15-10-16(19(23)24-2)12-17(11-15)25-13-14-4-3-5-14/h10-12,14H,3-9,13H2,1-2H3. The lowest BCUT2D eigenvalue weighted by Gasteiger charge is -2.32. The largest absolute Gasteiger partial charge is 0.493 e. The minimum atomic E-state index is -0.457. The molecule has 6 nitrogen and oxygen atoms in total. The number of methoxy groups -OCH3 is 1. The van der Waals surface area contributed by atoms with Crippen LogP contribution < -0.4 is 4.74 Å². The minimum absolute atomic E-state index is 0.0626. The average molecular weight is 346 g/mol. The van der Waals surface area contributed by atoms with Gasteiger partial charge in [-0.15, -0.1) is 0 Å². The summed E-state index contributed by atoms with van der Waals surface area (Å²) in [5, 5.41) is 0. The molecular weight excluding hydrogens is 320 g/mol. The van der Waals surface area contributed by atoms with E-state index in [9.17, 15) is 9.59 Å². The van der Waals surface area contributed by atoms with Gasteiger partial charge >= 0.3 is 5.97 Å². The summed E-state index contributed by atoms with van der Waals surface area (Å²) in [7, 11) is 3.39. The van der Waals surface area contributed by atoms with Gasteiger partial charge in [-0.3, -0.25) is 4.79 Å². The third-order valence-corrected chi connectivity index (χ3v) is 5.08. The molecule has 1 saturated heterocycles. The Labute approximate surface area is 148 Å². The third-order valence-electron chi connectivity index (χ3n) is 5.08. The van der Waals surface area contributed by atoms with E-state index >= 15 is 0 Å². The number of esters is 1. The molecule has 1 aromatic rings. The Morgan fingerprint density at radius 1 is 1.08 bits per heavy atom. The molecule has 0 atom stereocenters. The van der Waals surface area contributed by atoms with Gasteiger partial charge < -0.3 is 19.3 Å². The predicted octanol–water partition coefficient (Wildman–Crippen LogP) is 2.04. The molecule has 136 valence electrons. The lowest BCUT2D eigenvalue weighted by atomic mass is 9.86. The van der Waals surface area contributed by atoms with Crippen LogP contribution in [0.5, 0.6) is 5.75 Å². The number of rotatable bonds is 5. The van der Waals surface area contributed by atoms with Crippen LogP contribution in [0.1, 0.15) is 40.0 Å². The molecule has 25 heavy (non-hydrogen) atoms. The topological polar surface area (TPSA) is 59.1 Å². The van der Waals surface area contributed by atoms with Gasteiger partial charge in [-0.2, -0.15) is 0 Å². The molecule has 1 amide bonds. The first-order valence-corrected chi connectivity index (χ1v) is 8.91. The van der Waals surface area contributed by atoms with Crippen LogP contribution in [-0.2, 0) is 4.74 Å². The van der Waals surface area contributed by atoms with Crippen molar-refractivity contribution in [1.82, 2.24) is 9.80 Å². The van der Waals surface area contributed by atoms with Gasteiger partial charge in [0, 0.05) is 31.7 Å². The van der Waals surface area contributed by atoms with E-state index in [0.29, 0.717) is 42.5 Å². The number of benzene rings is 1. The fraction of sp³-hybridized carbons (Fsp3) is 0.579. The fourth-order valence-electron chi connectivity index (χ4n) is 3.11. The Morgan fingerprint density at radius 3 is 2.36 bits per heavy atom. The summed E-state index contributed by atoms with van der Waals surface area (Å²) in [6.45, 7) is 3.72. The van der Waals surface area contributed by atoms with E-state index in [2.05, 4.69) is 4.90 Å². The molecule has 0 N–H and O–H groups in total. The van der Waals surface area contributed by atoms with Crippen molar-refractivity contribution in [3.05, 3.63) is 29.3 Å². The van der Waals surface area contributed by atoms with Crippen LogP contribution in [0, 0.1) is 5.92 Å². The summed E-state index contributed by atoms with van der Waals surface area (Å²) < 4.78 is 10.7. The van der Waals surface area contributed by atoms with Crippen LogP contribution in [0.25, 0.3) is 0 Å².